The topological polar surface area (TPSA) is 51.2 Å². The Labute approximate surface area is 112 Å². The molecule has 0 radical (unpaired) electrons. The number of esters is 1. The van der Waals surface area contributed by atoms with Gasteiger partial charge in [-0.25, -0.2) is 9.78 Å². The van der Waals surface area contributed by atoms with Crippen LogP contribution < -0.4 is 5.32 Å². The summed E-state index contributed by atoms with van der Waals surface area (Å²) < 4.78 is 4.72. The lowest BCUT2D eigenvalue weighted by Crippen LogP contribution is -2.30. The number of rotatable bonds is 3. The molecule has 1 aromatic rings. The number of nitrogens with zero attached hydrogens (tertiary/aromatic N) is 1. The van der Waals surface area contributed by atoms with Crippen molar-refractivity contribution in [3.8, 4) is 0 Å². The fourth-order valence-corrected chi connectivity index (χ4v) is 3.34. The van der Waals surface area contributed by atoms with Gasteiger partial charge in [-0.1, -0.05) is 20.3 Å². The van der Waals surface area contributed by atoms with E-state index in [1.807, 2.05) is 6.92 Å². The number of anilines is 1. The largest absolute Gasteiger partial charge is 0.464 e. The van der Waals surface area contributed by atoms with E-state index in [9.17, 15) is 4.79 Å². The van der Waals surface area contributed by atoms with Crippen LogP contribution in [0.3, 0.4) is 0 Å². The number of hydrogen-bond donors (Lipinski definition) is 1. The summed E-state index contributed by atoms with van der Waals surface area (Å²) in [6, 6.07) is 0.438. The van der Waals surface area contributed by atoms with E-state index in [1.54, 1.807) is 0 Å². The SMILES string of the molecule is COC(=O)c1nc(NC2CCCC2(C)C)sc1C. The van der Waals surface area contributed by atoms with Gasteiger partial charge in [0.1, 0.15) is 0 Å². The molecule has 0 aromatic carbocycles. The molecule has 1 aromatic heterocycles. The monoisotopic (exact) mass is 268 g/mol. The van der Waals surface area contributed by atoms with Gasteiger partial charge in [-0.15, -0.1) is 11.3 Å². The van der Waals surface area contributed by atoms with Gasteiger partial charge in [-0.05, 0) is 25.2 Å². The number of aromatic nitrogens is 1. The number of thiazole rings is 1. The van der Waals surface area contributed by atoms with Crippen LogP contribution in [0.4, 0.5) is 5.13 Å². The molecule has 1 heterocycles. The molecule has 100 valence electrons. The van der Waals surface area contributed by atoms with Crippen molar-refractivity contribution in [3.63, 3.8) is 0 Å². The molecule has 0 amide bonds. The van der Waals surface area contributed by atoms with Crippen molar-refractivity contribution in [1.82, 2.24) is 4.98 Å². The molecule has 18 heavy (non-hydrogen) atoms. The number of nitrogens with one attached hydrogen (secondary N) is 1. The van der Waals surface area contributed by atoms with Crippen molar-refractivity contribution in [2.24, 2.45) is 5.41 Å². The zero-order valence-electron chi connectivity index (χ0n) is 11.4. The minimum Gasteiger partial charge on any atom is -0.464 e. The van der Waals surface area contributed by atoms with Crippen molar-refractivity contribution in [3.05, 3.63) is 10.6 Å². The maximum Gasteiger partial charge on any atom is 0.357 e. The fourth-order valence-electron chi connectivity index (χ4n) is 2.49. The number of ether oxygens (including phenoxy) is 1. The predicted octanol–water partition coefficient (Wildman–Crippen LogP) is 3.23. The van der Waals surface area contributed by atoms with Gasteiger partial charge in [0.15, 0.2) is 10.8 Å². The summed E-state index contributed by atoms with van der Waals surface area (Å²) >= 11 is 1.52. The average Bonchev–Trinajstić information content (AvgIpc) is 2.82. The van der Waals surface area contributed by atoms with Crippen molar-refractivity contribution >= 4 is 22.4 Å². The number of hydrogen-bond acceptors (Lipinski definition) is 5. The number of carbonyl (C=O) groups excluding carboxylic acids is 1. The quantitative estimate of drug-likeness (QED) is 0.855. The van der Waals surface area contributed by atoms with Crippen LogP contribution in [0, 0.1) is 12.3 Å². The van der Waals surface area contributed by atoms with E-state index < -0.39 is 0 Å². The highest BCUT2D eigenvalue weighted by Gasteiger charge is 2.35. The van der Waals surface area contributed by atoms with E-state index in [0.29, 0.717) is 17.2 Å². The summed E-state index contributed by atoms with van der Waals surface area (Å²) in [6.45, 7) is 6.45. The van der Waals surface area contributed by atoms with Gasteiger partial charge in [0.2, 0.25) is 0 Å². The van der Waals surface area contributed by atoms with Gasteiger partial charge in [0.25, 0.3) is 0 Å². The normalized spacial score (nSPS) is 21.9. The van der Waals surface area contributed by atoms with E-state index in [0.717, 1.165) is 10.0 Å². The van der Waals surface area contributed by atoms with Crippen LogP contribution >= 0.6 is 11.3 Å². The maximum absolute atomic E-state index is 11.5. The lowest BCUT2D eigenvalue weighted by molar-refractivity contribution is 0.0594. The van der Waals surface area contributed by atoms with Crippen molar-refractivity contribution in [2.75, 3.05) is 12.4 Å². The minimum absolute atomic E-state index is 0.297. The maximum atomic E-state index is 11.5. The number of methoxy groups -OCH3 is 1. The van der Waals surface area contributed by atoms with Crippen LogP contribution in [-0.4, -0.2) is 24.1 Å². The highest BCUT2D eigenvalue weighted by molar-refractivity contribution is 7.15. The van der Waals surface area contributed by atoms with Gasteiger partial charge in [0, 0.05) is 10.9 Å². The van der Waals surface area contributed by atoms with E-state index in [2.05, 4.69) is 24.1 Å². The van der Waals surface area contributed by atoms with Gasteiger partial charge >= 0.3 is 5.97 Å². The molecule has 1 aliphatic rings. The third-order valence-corrected chi connectivity index (χ3v) is 4.63. The first kappa shape index (κ1) is 13.3. The molecule has 0 spiro atoms. The lowest BCUT2D eigenvalue weighted by Gasteiger charge is -2.27. The molecular formula is C13H20N2O2S. The van der Waals surface area contributed by atoms with Crippen molar-refractivity contribution < 1.29 is 9.53 Å². The van der Waals surface area contributed by atoms with Crippen LogP contribution in [0.2, 0.25) is 0 Å². The van der Waals surface area contributed by atoms with Crippen molar-refractivity contribution in [1.29, 1.82) is 0 Å². The summed E-state index contributed by atoms with van der Waals surface area (Å²) in [4.78, 5) is 16.8. The summed E-state index contributed by atoms with van der Waals surface area (Å²) in [5.41, 5.74) is 0.728. The van der Waals surface area contributed by atoms with E-state index in [1.165, 1.54) is 37.7 Å². The van der Waals surface area contributed by atoms with Crippen LogP contribution in [0.15, 0.2) is 0 Å². The fraction of sp³-hybridized carbons (Fsp3) is 0.692. The highest BCUT2D eigenvalue weighted by Crippen LogP contribution is 2.39. The average molecular weight is 268 g/mol. The summed E-state index contributed by atoms with van der Waals surface area (Å²) in [5, 5.41) is 4.30. The summed E-state index contributed by atoms with van der Waals surface area (Å²) in [5.74, 6) is -0.359. The Kier molecular flexibility index (Phi) is 3.61. The first-order chi connectivity index (χ1) is 8.44. The second-order valence-corrected chi connectivity index (χ2v) is 6.70. The number of carbonyl (C=O) groups is 1. The van der Waals surface area contributed by atoms with Gasteiger partial charge < -0.3 is 10.1 Å². The molecule has 1 fully saturated rings. The van der Waals surface area contributed by atoms with Crippen LogP contribution in [0.25, 0.3) is 0 Å². The zero-order chi connectivity index (χ0) is 13.3. The zero-order valence-corrected chi connectivity index (χ0v) is 12.2. The van der Waals surface area contributed by atoms with Crippen LogP contribution in [0.5, 0.6) is 0 Å². The molecule has 5 heteroatoms. The minimum atomic E-state index is -0.359. The van der Waals surface area contributed by atoms with Crippen LogP contribution in [0.1, 0.15) is 48.5 Å². The third-order valence-electron chi connectivity index (χ3n) is 3.73. The Morgan fingerprint density at radius 2 is 2.28 bits per heavy atom. The summed E-state index contributed by atoms with van der Waals surface area (Å²) in [7, 11) is 1.38. The number of aryl methyl sites for hydroxylation is 1. The van der Waals surface area contributed by atoms with Crippen molar-refractivity contribution in [2.45, 2.75) is 46.1 Å². The molecule has 1 N–H and O–H groups in total. The summed E-state index contributed by atoms with van der Waals surface area (Å²) in [6.07, 6.45) is 3.65. The molecule has 1 atom stereocenters. The second-order valence-electron chi connectivity index (χ2n) is 5.49. The molecule has 4 nitrogen and oxygen atoms in total. The molecular weight excluding hydrogens is 248 g/mol. The molecule has 0 bridgehead atoms. The third kappa shape index (κ3) is 2.51. The van der Waals surface area contributed by atoms with E-state index >= 15 is 0 Å². The van der Waals surface area contributed by atoms with Gasteiger partial charge in [-0.3, -0.25) is 0 Å². The van der Waals surface area contributed by atoms with Crippen LogP contribution in [-0.2, 0) is 4.74 Å². The molecule has 1 saturated carbocycles. The van der Waals surface area contributed by atoms with Gasteiger partial charge in [-0.2, -0.15) is 0 Å². The smallest absolute Gasteiger partial charge is 0.357 e. The Morgan fingerprint density at radius 3 is 2.83 bits per heavy atom. The Bertz CT molecular complexity index is 454. The molecule has 0 saturated heterocycles. The Morgan fingerprint density at radius 1 is 1.56 bits per heavy atom. The molecule has 2 rings (SSSR count). The predicted molar refractivity (Wildman–Crippen MR) is 73.2 cm³/mol. The molecule has 1 unspecified atom stereocenters. The van der Waals surface area contributed by atoms with Gasteiger partial charge in [0.05, 0.1) is 7.11 Å². The highest BCUT2D eigenvalue weighted by atomic mass is 32.1. The second kappa shape index (κ2) is 4.88. The first-order valence-corrected chi connectivity index (χ1v) is 7.08. The lowest BCUT2D eigenvalue weighted by atomic mass is 9.87. The Balaban J connectivity index is 2.13. The Hall–Kier alpha value is -1.10. The van der Waals surface area contributed by atoms with E-state index in [4.69, 9.17) is 4.74 Å². The molecule has 0 aliphatic heterocycles. The van der Waals surface area contributed by atoms with E-state index in [-0.39, 0.29) is 5.97 Å². The first-order valence-electron chi connectivity index (χ1n) is 6.26. The standard InChI is InChI=1S/C13H20N2O2S/c1-8-10(11(16)17-4)15-12(18-8)14-9-6-5-7-13(9,2)3/h9H,5-7H2,1-4H3,(H,14,15). The molecule has 1 aliphatic carbocycles.